The lowest BCUT2D eigenvalue weighted by Crippen LogP contribution is -2.02. The Balaban J connectivity index is 2.82. The van der Waals surface area contributed by atoms with Crippen molar-refractivity contribution >= 4 is 30.6 Å². The summed E-state index contributed by atoms with van der Waals surface area (Å²) in [6, 6.07) is 1.60. The second-order valence-corrected chi connectivity index (χ2v) is 2.41. The van der Waals surface area contributed by atoms with Crippen LogP contribution >= 0.6 is 0 Å². The molecule has 0 aliphatic heterocycles. The Morgan fingerprint density at radius 3 is 3.00 bits per heavy atom. The maximum atomic E-state index is 10.3. The maximum absolute atomic E-state index is 10.3. The Hall–Kier alpha value is -1.58. The van der Waals surface area contributed by atoms with Gasteiger partial charge in [0, 0.05) is 17.8 Å². The quantitative estimate of drug-likeness (QED) is 0.445. The average Bonchev–Trinajstić information content (AvgIpc) is 2.49. The highest BCUT2D eigenvalue weighted by molar-refractivity contribution is 6.37. The van der Waals surface area contributed by atoms with Crippen molar-refractivity contribution in [3.63, 3.8) is 0 Å². The summed E-state index contributed by atoms with van der Waals surface area (Å²) in [5.41, 5.74) is 0.965. The van der Waals surface area contributed by atoms with Crippen LogP contribution in [0.25, 0.3) is 11.0 Å². The first-order valence-corrected chi connectivity index (χ1v) is 3.39. The fraction of sp³-hybridized carbons (Fsp3) is 0. The highest BCUT2D eigenvalue weighted by Crippen LogP contribution is 2.13. The van der Waals surface area contributed by atoms with Crippen LogP contribution < -0.4 is 5.46 Å². The summed E-state index contributed by atoms with van der Waals surface area (Å²) in [5, 5.41) is 0.747. The standard InChI is InChI=1S/C8H4BNO2/c9-7-3-10-2-5-1-6(4-11)12-8(5)7/h1-4H. The van der Waals surface area contributed by atoms with Crippen LogP contribution in [0.5, 0.6) is 0 Å². The van der Waals surface area contributed by atoms with Crippen molar-refractivity contribution in [2.45, 2.75) is 0 Å². The van der Waals surface area contributed by atoms with Crippen LogP contribution in [-0.2, 0) is 0 Å². The van der Waals surface area contributed by atoms with Gasteiger partial charge in [0.15, 0.2) is 12.0 Å². The van der Waals surface area contributed by atoms with E-state index in [1.54, 1.807) is 12.3 Å². The molecule has 2 rings (SSSR count). The van der Waals surface area contributed by atoms with E-state index in [1.807, 2.05) is 0 Å². The number of aldehydes is 1. The second-order valence-electron chi connectivity index (χ2n) is 2.41. The van der Waals surface area contributed by atoms with Crippen LogP contribution in [0.2, 0.25) is 0 Å². The van der Waals surface area contributed by atoms with Gasteiger partial charge in [-0.25, -0.2) is 0 Å². The fourth-order valence-electron chi connectivity index (χ4n) is 1.06. The normalized spacial score (nSPS) is 10.3. The van der Waals surface area contributed by atoms with Gasteiger partial charge in [-0.3, -0.25) is 9.78 Å². The van der Waals surface area contributed by atoms with Crippen molar-refractivity contribution in [2.24, 2.45) is 0 Å². The lowest BCUT2D eigenvalue weighted by molar-refractivity contribution is 0.110. The fourth-order valence-corrected chi connectivity index (χ4v) is 1.06. The number of pyridine rings is 1. The third kappa shape index (κ3) is 0.924. The lowest BCUT2D eigenvalue weighted by atomic mass is 9.97. The number of carbonyl (C=O) groups excluding carboxylic acids is 1. The molecule has 3 nitrogen and oxygen atoms in total. The Morgan fingerprint density at radius 1 is 1.50 bits per heavy atom. The SMILES string of the molecule is [B]c1cncc2cc(C=O)oc12. The molecule has 0 aliphatic carbocycles. The van der Waals surface area contributed by atoms with Gasteiger partial charge in [0.2, 0.25) is 0 Å². The first-order valence-electron chi connectivity index (χ1n) is 3.39. The number of nitrogens with zero attached hydrogens (tertiary/aromatic N) is 1. The van der Waals surface area contributed by atoms with E-state index in [2.05, 4.69) is 4.98 Å². The third-order valence-corrected chi connectivity index (χ3v) is 1.59. The molecule has 0 bridgehead atoms. The molecule has 56 valence electrons. The van der Waals surface area contributed by atoms with E-state index in [-0.39, 0.29) is 5.76 Å². The minimum atomic E-state index is 0.268. The first-order chi connectivity index (χ1) is 5.81. The van der Waals surface area contributed by atoms with E-state index >= 15 is 0 Å². The Labute approximate surface area is 69.8 Å². The van der Waals surface area contributed by atoms with Crippen LogP contribution in [0.1, 0.15) is 10.6 Å². The van der Waals surface area contributed by atoms with Crippen molar-refractivity contribution in [1.29, 1.82) is 0 Å². The lowest BCUT2D eigenvalue weighted by Gasteiger charge is -1.90. The monoisotopic (exact) mass is 157 g/mol. The van der Waals surface area contributed by atoms with Gasteiger partial charge < -0.3 is 4.42 Å². The molecule has 0 atom stereocenters. The summed E-state index contributed by atoms with van der Waals surface area (Å²) in [4.78, 5) is 14.2. The number of hydrogen-bond acceptors (Lipinski definition) is 3. The second kappa shape index (κ2) is 2.48. The minimum absolute atomic E-state index is 0.268. The molecule has 12 heavy (non-hydrogen) atoms. The first kappa shape index (κ1) is 7.09. The van der Waals surface area contributed by atoms with Gasteiger partial charge >= 0.3 is 0 Å². The van der Waals surface area contributed by atoms with Gasteiger partial charge in [0.05, 0.1) is 0 Å². The topological polar surface area (TPSA) is 43.1 Å². The van der Waals surface area contributed by atoms with Gasteiger partial charge in [-0.2, -0.15) is 0 Å². The van der Waals surface area contributed by atoms with Crippen molar-refractivity contribution in [3.8, 4) is 0 Å². The van der Waals surface area contributed by atoms with E-state index in [4.69, 9.17) is 12.3 Å². The zero-order valence-electron chi connectivity index (χ0n) is 6.15. The molecule has 2 aromatic heterocycles. The maximum Gasteiger partial charge on any atom is 0.185 e. The minimum Gasteiger partial charge on any atom is -0.454 e. The zero-order chi connectivity index (χ0) is 8.55. The molecule has 0 aromatic carbocycles. The molecular weight excluding hydrogens is 153 g/mol. The molecule has 0 saturated heterocycles. The van der Waals surface area contributed by atoms with E-state index in [0.717, 1.165) is 5.39 Å². The number of rotatable bonds is 1. The van der Waals surface area contributed by atoms with Crippen molar-refractivity contribution < 1.29 is 9.21 Å². The average molecular weight is 157 g/mol. The van der Waals surface area contributed by atoms with Crippen LogP contribution in [0.4, 0.5) is 0 Å². The van der Waals surface area contributed by atoms with Crippen molar-refractivity contribution in [1.82, 2.24) is 4.98 Å². The van der Waals surface area contributed by atoms with Gasteiger partial charge in [-0.15, -0.1) is 0 Å². The van der Waals surface area contributed by atoms with Crippen LogP contribution in [0, 0.1) is 0 Å². The molecule has 4 heteroatoms. The molecule has 0 spiro atoms. The molecule has 0 unspecified atom stereocenters. The van der Waals surface area contributed by atoms with Crippen LogP contribution in [0.3, 0.4) is 0 Å². The number of carbonyl (C=O) groups is 1. The van der Waals surface area contributed by atoms with Gasteiger partial charge in [-0.05, 0) is 11.5 Å². The zero-order valence-corrected chi connectivity index (χ0v) is 6.15. The number of aromatic nitrogens is 1. The third-order valence-electron chi connectivity index (χ3n) is 1.59. The summed E-state index contributed by atoms with van der Waals surface area (Å²) < 4.78 is 5.11. The molecule has 0 amide bonds. The number of furan rings is 1. The van der Waals surface area contributed by atoms with E-state index < -0.39 is 0 Å². The molecule has 0 saturated carbocycles. The van der Waals surface area contributed by atoms with Gasteiger partial charge in [0.25, 0.3) is 0 Å². The summed E-state index contributed by atoms with van der Waals surface area (Å²) >= 11 is 0. The molecule has 0 aliphatic rings. The van der Waals surface area contributed by atoms with Crippen molar-refractivity contribution in [3.05, 3.63) is 24.2 Å². The molecule has 0 N–H and O–H groups in total. The van der Waals surface area contributed by atoms with Crippen LogP contribution in [-0.4, -0.2) is 19.1 Å². The summed E-state index contributed by atoms with van der Waals surface area (Å²) in [6.07, 6.45) is 3.72. The predicted molar refractivity (Wildman–Crippen MR) is 44.8 cm³/mol. The van der Waals surface area contributed by atoms with Gasteiger partial charge in [0.1, 0.15) is 13.4 Å². The molecule has 0 fully saturated rings. The van der Waals surface area contributed by atoms with Gasteiger partial charge in [-0.1, -0.05) is 0 Å². The Kier molecular flexibility index (Phi) is 1.47. The smallest absolute Gasteiger partial charge is 0.185 e. The summed E-state index contributed by atoms with van der Waals surface area (Å²) in [5.74, 6) is 0.268. The highest BCUT2D eigenvalue weighted by atomic mass is 16.3. The summed E-state index contributed by atoms with van der Waals surface area (Å²) in [6.45, 7) is 0. The largest absolute Gasteiger partial charge is 0.454 e. The van der Waals surface area contributed by atoms with Crippen LogP contribution in [0.15, 0.2) is 22.9 Å². The van der Waals surface area contributed by atoms with Crippen molar-refractivity contribution in [2.75, 3.05) is 0 Å². The number of hydrogen-bond donors (Lipinski definition) is 0. The predicted octanol–water partition coefficient (Wildman–Crippen LogP) is 0.434. The molecule has 2 heterocycles. The van der Waals surface area contributed by atoms with E-state index in [9.17, 15) is 4.79 Å². The number of fused-ring (bicyclic) bond motifs is 1. The Morgan fingerprint density at radius 2 is 2.33 bits per heavy atom. The van der Waals surface area contributed by atoms with E-state index in [0.29, 0.717) is 17.3 Å². The molecule has 2 aromatic rings. The summed E-state index contributed by atoms with van der Waals surface area (Å²) in [7, 11) is 5.55. The highest BCUT2D eigenvalue weighted by Gasteiger charge is 2.03. The Bertz CT molecular complexity index is 436. The van der Waals surface area contributed by atoms with E-state index in [1.165, 1.54) is 6.20 Å². The molecule has 2 radical (unpaired) electrons. The molecular formula is C8H4BNO2.